The Labute approximate surface area is 206 Å². The highest BCUT2D eigenvalue weighted by Crippen LogP contribution is 2.28. The molecule has 0 aromatic carbocycles. The Morgan fingerprint density at radius 1 is 1.22 bits per heavy atom. The van der Waals surface area contributed by atoms with Crippen LogP contribution in [0.25, 0.3) is 16.9 Å². The van der Waals surface area contributed by atoms with Gasteiger partial charge in [0.1, 0.15) is 12.2 Å². The number of pyridine rings is 2. The minimum absolute atomic E-state index is 0.165. The van der Waals surface area contributed by atoms with Gasteiger partial charge in [-0.25, -0.2) is 13.9 Å². The molecule has 0 aliphatic heterocycles. The third-order valence-corrected chi connectivity index (χ3v) is 5.47. The molecule has 4 rings (SSSR count). The highest BCUT2D eigenvalue weighted by Gasteiger charge is 2.27. The predicted octanol–water partition coefficient (Wildman–Crippen LogP) is 3.25. The van der Waals surface area contributed by atoms with Crippen LogP contribution in [0, 0.1) is 11.3 Å². The number of nitrogens with one attached hydrogen (secondary N) is 2. The summed E-state index contributed by atoms with van der Waals surface area (Å²) in [6.45, 7) is 2.29. The largest absolute Gasteiger partial charge is 0.481 e. The van der Waals surface area contributed by atoms with E-state index in [2.05, 4.69) is 31.8 Å². The van der Waals surface area contributed by atoms with Gasteiger partial charge in [0.05, 0.1) is 71.1 Å². The summed E-state index contributed by atoms with van der Waals surface area (Å²) in [5, 5.41) is 28.9. The molecule has 0 saturated carbocycles. The van der Waals surface area contributed by atoms with Crippen LogP contribution in [0.15, 0.2) is 55.0 Å². The summed E-state index contributed by atoms with van der Waals surface area (Å²) < 4.78 is 20.9. The first-order valence-corrected chi connectivity index (χ1v) is 11.0. The lowest BCUT2D eigenvalue weighted by molar-refractivity contribution is -0.00177. The summed E-state index contributed by atoms with van der Waals surface area (Å²) >= 11 is 0. The van der Waals surface area contributed by atoms with Crippen molar-refractivity contribution in [1.29, 1.82) is 5.26 Å². The molecule has 0 fully saturated rings. The second-order valence-electron chi connectivity index (χ2n) is 8.57. The fourth-order valence-corrected chi connectivity index (χ4v) is 3.39. The number of hydrogen-bond donors (Lipinski definition) is 3. The normalized spacial score (nSPS) is 12.1. The molecule has 11 heteroatoms. The number of ether oxygens (including phenoxy) is 1. The standard InChI is InChI=1S/C25H24FN7O3/c1-25(2,35)22(26)14-30-24(34)18-13-28-20(9-19(18)32-16-4-7-23(36-3)29-12-16)21-6-5-17-8-15(10-27)11-31-33(17)21/h4-9,11-13,22,35H,14H2,1-3H3,(H,28,32)(H,30,34). The van der Waals surface area contributed by atoms with E-state index in [0.717, 1.165) is 0 Å². The zero-order chi connectivity index (χ0) is 25.9. The van der Waals surface area contributed by atoms with Crippen molar-refractivity contribution in [2.24, 2.45) is 0 Å². The van der Waals surface area contributed by atoms with Crippen LogP contribution in [0.5, 0.6) is 5.88 Å². The summed E-state index contributed by atoms with van der Waals surface area (Å²) in [6, 6.07) is 12.4. The lowest BCUT2D eigenvalue weighted by Crippen LogP contribution is -2.42. The maximum atomic E-state index is 14.2. The number of rotatable bonds is 8. The average Bonchev–Trinajstić information content (AvgIpc) is 3.30. The van der Waals surface area contributed by atoms with Gasteiger partial charge in [-0.05, 0) is 44.2 Å². The van der Waals surface area contributed by atoms with Crippen LogP contribution < -0.4 is 15.4 Å². The predicted molar refractivity (Wildman–Crippen MR) is 131 cm³/mol. The van der Waals surface area contributed by atoms with E-state index in [1.54, 1.807) is 41.0 Å². The van der Waals surface area contributed by atoms with Crippen LogP contribution in [-0.2, 0) is 0 Å². The maximum Gasteiger partial charge on any atom is 0.255 e. The third kappa shape index (κ3) is 5.24. The quantitative estimate of drug-likeness (QED) is 0.343. The van der Waals surface area contributed by atoms with E-state index in [0.29, 0.717) is 39.7 Å². The summed E-state index contributed by atoms with van der Waals surface area (Å²) in [5.74, 6) is -0.140. The first-order valence-electron chi connectivity index (χ1n) is 11.0. The molecule has 0 aliphatic rings. The lowest BCUT2D eigenvalue weighted by Gasteiger charge is -2.22. The molecule has 184 valence electrons. The number of hydrogen-bond acceptors (Lipinski definition) is 8. The van der Waals surface area contributed by atoms with Crippen molar-refractivity contribution in [3.8, 4) is 23.3 Å². The van der Waals surface area contributed by atoms with E-state index >= 15 is 0 Å². The molecule has 1 unspecified atom stereocenters. The van der Waals surface area contributed by atoms with E-state index in [1.807, 2.05) is 6.07 Å². The van der Waals surface area contributed by atoms with Crippen LogP contribution in [0.1, 0.15) is 29.8 Å². The Bertz CT molecular complexity index is 1440. The van der Waals surface area contributed by atoms with Gasteiger partial charge >= 0.3 is 0 Å². The molecule has 1 atom stereocenters. The number of methoxy groups -OCH3 is 1. The molecule has 0 radical (unpaired) electrons. The van der Waals surface area contributed by atoms with Gasteiger partial charge in [-0.1, -0.05) is 0 Å². The van der Waals surface area contributed by atoms with E-state index in [-0.39, 0.29) is 12.1 Å². The van der Waals surface area contributed by atoms with E-state index in [1.165, 1.54) is 33.4 Å². The second-order valence-corrected chi connectivity index (χ2v) is 8.57. The SMILES string of the molecule is COc1ccc(Nc2cc(-c3ccc4cc(C#N)cnn34)ncc2C(=O)NCC(F)C(C)(C)O)cn1. The van der Waals surface area contributed by atoms with Crippen LogP contribution in [0.2, 0.25) is 0 Å². The number of amides is 1. The van der Waals surface area contributed by atoms with Crippen LogP contribution in [-0.4, -0.2) is 56.0 Å². The first kappa shape index (κ1) is 24.6. The molecule has 36 heavy (non-hydrogen) atoms. The molecule has 0 spiro atoms. The van der Waals surface area contributed by atoms with E-state index < -0.39 is 17.7 Å². The number of alkyl halides is 1. The molecule has 4 aromatic heterocycles. The third-order valence-electron chi connectivity index (χ3n) is 5.47. The smallest absolute Gasteiger partial charge is 0.255 e. The van der Waals surface area contributed by atoms with Gasteiger partial charge in [-0.3, -0.25) is 9.78 Å². The number of carbonyl (C=O) groups excluding carboxylic acids is 1. The van der Waals surface area contributed by atoms with Crippen molar-refractivity contribution < 1.29 is 19.0 Å². The van der Waals surface area contributed by atoms with Crippen LogP contribution in [0.3, 0.4) is 0 Å². The van der Waals surface area contributed by atoms with Gasteiger partial charge < -0.3 is 20.5 Å². The summed E-state index contributed by atoms with van der Waals surface area (Å²) in [4.78, 5) is 21.5. The number of anilines is 2. The van der Waals surface area contributed by atoms with E-state index in [9.17, 15) is 14.3 Å². The van der Waals surface area contributed by atoms with Gasteiger partial charge in [-0.2, -0.15) is 10.4 Å². The van der Waals surface area contributed by atoms with Crippen molar-refractivity contribution in [2.75, 3.05) is 19.0 Å². The second kappa shape index (κ2) is 9.97. The molecule has 4 heterocycles. The van der Waals surface area contributed by atoms with Gasteiger partial charge in [0, 0.05) is 12.3 Å². The topological polar surface area (TPSA) is 137 Å². The number of halogens is 1. The first-order chi connectivity index (χ1) is 17.2. The average molecular weight is 490 g/mol. The Kier molecular flexibility index (Phi) is 6.80. The number of fused-ring (bicyclic) bond motifs is 1. The van der Waals surface area contributed by atoms with Crippen LogP contribution >= 0.6 is 0 Å². The van der Waals surface area contributed by atoms with Gasteiger partial charge in [-0.15, -0.1) is 0 Å². The fraction of sp³-hybridized carbons (Fsp3) is 0.240. The summed E-state index contributed by atoms with van der Waals surface area (Å²) in [5.41, 5.74) is 1.83. The van der Waals surface area contributed by atoms with E-state index in [4.69, 9.17) is 10.00 Å². The number of nitrogens with zero attached hydrogens (tertiary/aromatic N) is 5. The van der Waals surface area contributed by atoms with Crippen molar-refractivity contribution in [2.45, 2.75) is 25.6 Å². The molecule has 0 bridgehead atoms. The van der Waals surface area contributed by atoms with Crippen molar-refractivity contribution in [3.63, 3.8) is 0 Å². The number of aromatic nitrogens is 4. The number of carbonyl (C=O) groups is 1. The lowest BCUT2D eigenvalue weighted by atomic mass is 10.0. The van der Waals surface area contributed by atoms with Gasteiger partial charge in [0.25, 0.3) is 5.91 Å². The highest BCUT2D eigenvalue weighted by atomic mass is 19.1. The zero-order valence-corrected chi connectivity index (χ0v) is 19.9. The Balaban J connectivity index is 1.70. The Hall–Kier alpha value is -4.56. The monoisotopic (exact) mass is 489 g/mol. The minimum atomic E-state index is -1.66. The Morgan fingerprint density at radius 3 is 2.69 bits per heavy atom. The summed E-state index contributed by atoms with van der Waals surface area (Å²) in [7, 11) is 1.51. The van der Waals surface area contributed by atoms with Gasteiger partial charge in [0.2, 0.25) is 5.88 Å². The molecule has 10 nitrogen and oxygen atoms in total. The van der Waals surface area contributed by atoms with Gasteiger partial charge in [0.15, 0.2) is 0 Å². The van der Waals surface area contributed by atoms with Crippen molar-refractivity contribution in [3.05, 3.63) is 66.1 Å². The maximum absolute atomic E-state index is 14.2. The molecule has 3 N–H and O–H groups in total. The molecular formula is C25H24FN7O3. The van der Waals surface area contributed by atoms with Crippen molar-refractivity contribution >= 4 is 22.8 Å². The molecule has 4 aromatic rings. The van der Waals surface area contributed by atoms with Crippen LogP contribution in [0.4, 0.5) is 15.8 Å². The highest BCUT2D eigenvalue weighted by molar-refractivity contribution is 6.00. The minimum Gasteiger partial charge on any atom is -0.481 e. The molecule has 0 aliphatic carbocycles. The number of aliphatic hydroxyl groups is 1. The molecular weight excluding hydrogens is 465 g/mol. The zero-order valence-electron chi connectivity index (χ0n) is 19.9. The molecule has 0 saturated heterocycles. The summed E-state index contributed by atoms with van der Waals surface area (Å²) in [6.07, 6.45) is 2.72. The fourth-order valence-electron chi connectivity index (χ4n) is 3.39. The molecule has 1 amide bonds. The number of nitriles is 1. The Morgan fingerprint density at radius 2 is 2.03 bits per heavy atom. The van der Waals surface area contributed by atoms with Crippen molar-refractivity contribution in [1.82, 2.24) is 24.9 Å².